The van der Waals surface area contributed by atoms with Gasteiger partial charge in [0.1, 0.15) is 11.5 Å². The molecule has 134 valence electrons. The van der Waals surface area contributed by atoms with Crippen LogP contribution in [0.5, 0.6) is 11.5 Å². The zero-order valence-corrected chi connectivity index (χ0v) is 14.9. The fourth-order valence-electron chi connectivity index (χ4n) is 2.88. The number of aromatic hydroxyl groups is 2. The molecular formula is C21H16ClN3O2. The van der Waals surface area contributed by atoms with Crippen LogP contribution in [0.2, 0.25) is 5.02 Å². The van der Waals surface area contributed by atoms with Crippen LogP contribution in [0.1, 0.15) is 0 Å². The van der Waals surface area contributed by atoms with Gasteiger partial charge in [-0.1, -0.05) is 29.8 Å². The first kappa shape index (κ1) is 17.0. The summed E-state index contributed by atoms with van der Waals surface area (Å²) >= 11 is 6.08. The normalized spacial score (nSPS) is 10.7. The van der Waals surface area contributed by atoms with E-state index in [9.17, 15) is 10.2 Å². The number of hydrogen-bond donors (Lipinski definition) is 4. The van der Waals surface area contributed by atoms with Crippen LogP contribution in [0.4, 0.5) is 11.5 Å². The number of phenolic OH excluding ortho intramolecular Hbond substituents is 2. The highest BCUT2D eigenvalue weighted by Crippen LogP contribution is 2.38. The van der Waals surface area contributed by atoms with E-state index in [-0.39, 0.29) is 11.5 Å². The number of benzene rings is 3. The monoisotopic (exact) mass is 377 g/mol. The Morgan fingerprint density at radius 2 is 1.44 bits per heavy atom. The molecule has 4 aromatic rings. The van der Waals surface area contributed by atoms with Gasteiger partial charge in [-0.3, -0.25) is 5.10 Å². The van der Waals surface area contributed by atoms with Gasteiger partial charge in [-0.25, -0.2) is 0 Å². The van der Waals surface area contributed by atoms with Crippen molar-refractivity contribution >= 4 is 23.1 Å². The third kappa shape index (κ3) is 3.59. The first-order valence-corrected chi connectivity index (χ1v) is 8.68. The summed E-state index contributed by atoms with van der Waals surface area (Å²) in [7, 11) is 0. The number of rotatable bonds is 4. The van der Waals surface area contributed by atoms with E-state index in [1.165, 1.54) is 0 Å². The molecule has 1 heterocycles. The Bertz CT molecular complexity index is 1070. The van der Waals surface area contributed by atoms with Crippen molar-refractivity contribution in [3.8, 4) is 33.9 Å². The number of nitrogens with zero attached hydrogens (tertiary/aromatic N) is 1. The summed E-state index contributed by atoms with van der Waals surface area (Å²) in [6, 6.07) is 21.2. The van der Waals surface area contributed by atoms with Crippen molar-refractivity contribution in [2.24, 2.45) is 0 Å². The smallest absolute Gasteiger partial charge is 0.160 e. The van der Waals surface area contributed by atoms with E-state index >= 15 is 0 Å². The second-order valence-electron chi connectivity index (χ2n) is 6.05. The number of H-pyrrole nitrogens is 1. The fourth-order valence-corrected chi connectivity index (χ4v) is 3.07. The number of aromatic amines is 1. The lowest BCUT2D eigenvalue weighted by atomic mass is 10.0. The maximum atomic E-state index is 9.62. The van der Waals surface area contributed by atoms with Crippen LogP contribution < -0.4 is 5.32 Å². The lowest BCUT2D eigenvalue weighted by molar-refractivity contribution is 0.475. The van der Waals surface area contributed by atoms with Crippen molar-refractivity contribution in [1.29, 1.82) is 0 Å². The molecule has 4 N–H and O–H groups in total. The summed E-state index contributed by atoms with van der Waals surface area (Å²) in [6.07, 6.45) is 0. The molecule has 3 aromatic carbocycles. The molecule has 0 radical (unpaired) electrons. The Kier molecular flexibility index (Phi) is 4.44. The Labute approximate surface area is 160 Å². The van der Waals surface area contributed by atoms with Crippen LogP contribution in [0.3, 0.4) is 0 Å². The van der Waals surface area contributed by atoms with Gasteiger partial charge in [-0.2, -0.15) is 5.10 Å². The minimum Gasteiger partial charge on any atom is -0.508 e. The topological polar surface area (TPSA) is 81.2 Å². The SMILES string of the molecule is Oc1ccc(-c2[nH]nc(Nc3cccc(Cl)c3)c2-c2ccc(O)cc2)cc1. The van der Waals surface area contributed by atoms with Crippen molar-refractivity contribution in [1.82, 2.24) is 10.2 Å². The molecule has 0 unspecified atom stereocenters. The minimum atomic E-state index is 0.192. The maximum Gasteiger partial charge on any atom is 0.160 e. The highest BCUT2D eigenvalue weighted by molar-refractivity contribution is 6.30. The number of halogens is 1. The Balaban J connectivity index is 1.83. The van der Waals surface area contributed by atoms with Crippen molar-refractivity contribution in [2.75, 3.05) is 5.32 Å². The van der Waals surface area contributed by atoms with Crippen LogP contribution in [0.15, 0.2) is 72.8 Å². The van der Waals surface area contributed by atoms with E-state index < -0.39 is 0 Å². The zero-order valence-electron chi connectivity index (χ0n) is 14.1. The molecule has 0 spiro atoms. The van der Waals surface area contributed by atoms with Gasteiger partial charge in [-0.05, 0) is 60.2 Å². The maximum absolute atomic E-state index is 9.62. The Hall–Kier alpha value is -3.44. The average Bonchev–Trinajstić information content (AvgIpc) is 3.06. The van der Waals surface area contributed by atoms with Crippen LogP contribution in [-0.2, 0) is 0 Å². The molecule has 1 aromatic heterocycles. The van der Waals surface area contributed by atoms with E-state index in [2.05, 4.69) is 15.5 Å². The molecule has 0 aliphatic heterocycles. The lowest BCUT2D eigenvalue weighted by Gasteiger charge is -2.09. The number of anilines is 2. The third-order valence-electron chi connectivity index (χ3n) is 4.17. The standard InChI is InChI=1S/C21H16ClN3O2/c22-15-2-1-3-16(12-15)23-21-19(13-4-8-17(26)9-5-13)20(24-25-21)14-6-10-18(27)11-7-14/h1-12,26-27H,(H2,23,24,25). The van der Waals surface area contributed by atoms with Gasteiger partial charge in [-0.15, -0.1) is 0 Å². The second kappa shape index (κ2) is 7.05. The summed E-state index contributed by atoms with van der Waals surface area (Å²) in [5.41, 5.74) is 4.22. The molecule has 0 aliphatic rings. The summed E-state index contributed by atoms with van der Waals surface area (Å²) in [5.74, 6) is 1.02. The zero-order chi connectivity index (χ0) is 18.8. The first-order chi connectivity index (χ1) is 13.1. The molecule has 27 heavy (non-hydrogen) atoms. The van der Waals surface area contributed by atoms with Crippen molar-refractivity contribution < 1.29 is 10.2 Å². The van der Waals surface area contributed by atoms with Gasteiger partial charge in [0.25, 0.3) is 0 Å². The molecule has 0 saturated heterocycles. The van der Waals surface area contributed by atoms with Crippen molar-refractivity contribution in [3.05, 3.63) is 77.8 Å². The van der Waals surface area contributed by atoms with Gasteiger partial charge in [0.05, 0.1) is 11.3 Å². The van der Waals surface area contributed by atoms with Crippen molar-refractivity contribution in [2.45, 2.75) is 0 Å². The van der Waals surface area contributed by atoms with E-state index in [0.29, 0.717) is 10.8 Å². The minimum absolute atomic E-state index is 0.192. The quantitative estimate of drug-likeness (QED) is 0.375. The highest BCUT2D eigenvalue weighted by atomic mass is 35.5. The van der Waals surface area contributed by atoms with E-state index in [4.69, 9.17) is 11.6 Å². The predicted molar refractivity (Wildman–Crippen MR) is 108 cm³/mol. The van der Waals surface area contributed by atoms with Gasteiger partial charge >= 0.3 is 0 Å². The van der Waals surface area contributed by atoms with E-state index in [1.807, 2.05) is 42.5 Å². The van der Waals surface area contributed by atoms with Crippen LogP contribution >= 0.6 is 11.6 Å². The molecule has 0 aliphatic carbocycles. The number of phenols is 2. The van der Waals surface area contributed by atoms with Gasteiger partial charge in [0.15, 0.2) is 5.82 Å². The van der Waals surface area contributed by atoms with Crippen LogP contribution in [0.25, 0.3) is 22.4 Å². The van der Waals surface area contributed by atoms with Gasteiger partial charge in [0, 0.05) is 16.3 Å². The summed E-state index contributed by atoms with van der Waals surface area (Å²) < 4.78 is 0. The molecular weight excluding hydrogens is 362 g/mol. The second-order valence-corrected chi connectivity index (χ2v) is 6.49. The van der Waals surface area contributed by atoms with E-state index in [1.54, 1.807) is 30.3 Å². The van der Waals surface area contributed by atoms with Crippen molar-refractivity contribution in [3.63, 3.8) is 0 Å². The first-order valence-electron chi connectivity index (χ1n) is 8.30. The lowest BCUT2D eigenvalue weighted by Crippen LogP contribution is -1.93. The van der Waals surface area contributed by atoms with Gasteiger partial charge < -0.3 is 15.5 Å². The Morgan fingerprint density at radius 1 is 0.815 bits per heavy atom. The fraction of sp³-hybridized carbons (Fsp3) is 0. The molecule has 0 bridgehead atoms. The van der Waals surface area contributed by atoms with E-state index in [0.717, 1.165) is 28.1 Å². The molecule has 6 heteroatoms. The average molecular weight is 378 g/mol. The molecule has 5 nitrogen and oxygen atoms in total. The largest absolute Gasteiger partial charge is 0.508 e. The number of hydrogen-bond acceptors (Lipinski definition) is 4. The molecule has 0 atom stereocenters. The number of aromatic nitrogens is 2. The van der Waals surface area contributed by atoms with Crippen LogP contribution in [-0.4, -0.2) is 20.4 Å². The molecule has 0 fully saturated rings. The molecule has 4 rings (SSSR count). The van der Waals surface area contributed by atoms with Gasteiger partial charge in [0.2, 0.25) is 0 Å². The summed E-state index contributed by atoms with van der Waals surface area (Å²) in [6.45, 7) is 0. The summed E-state index contributed by atoms with van der Waals surface area (Å²) in [5, 5.41) is 30.6. The Morgan fingerprint density at radius 3 is 2.07 bits per heavy atom. The van der Waals surface area contributed by atoms with Crippen LogP contribution in [0, 0.1) is 0 Å². The number of nitrogens with one attached hydrogen (secondary N) is 2. The third-order valence-corrected chi connectivity index (χ3v) is 4.40. The molecule has 0 saturated carbocycles. The predicted octanol–water partition coefficient (Wildman–Crippen LogP) is 5.55. The summed E-state index contributed by atoms with van der Waals surface area (Å²) in [4.78, 5) is 0. The molecule has 0 amide bonds. The highest BCUT2D eigenvalue weighted by Gasteiger charge is 2.17.